The van der Waals surface area contributed by atoms with Gasteiger partial charge in [0.2, 0.25) is 0 Å². The Morgan fingerprint density at radius 2 is 1.90 bits per heavy atom. The second kappa shape index (κ2) is 6.29. The molecular weight excluding hydrogens is 260 g/mol. The van der Waals surface area contributed by atoms with Gasteiger partial charge in [0.15, 0.2) is 0 Å². The number of nitrogens with two attached hydrogens (primary N) is 1. The topological polar surface area (TPSA) is 58.3 Å². The van der Waals surface area contributed by atoms with E-state index in [-0.39, 0.29) is 18.7 Å². The van der Waals surface area contributed by atoms with Crippen LogP contribution < -0.4 is 11.1 Å². The number of fused-ring (bicyclic) bond motifs is 1. The van der Waals surface area contributed by atoms with Gasteiger partial charge < -0.3 is 16.2 Å². The van der Waals surface area contributed by atoms with Crippen LogP contribution in [0.5, 0.6) is 0 Å². The fourth-order valence-corrected chi connectivity index (χ4v) is 3.11. The molecular formula is C18H22N2O. The number of hydrogen-bond donors (Lipinski definition) is 3. The zero-order chi connectivity index (χ0) is 14.7. The predicted molar refractivity (Wildman–Crippen MR) is 86.2 cm³/mol. The highest BCUT2D eigenvalue weighted by atomic mass is 16.2. The van der Waals surface area contributed by atoms with Crippen LogP contribution >= 0.6 is 0 Å². The Morgan fingerprint density at radius 3 is 2.71 bits per heavy atom. The maximum absolute atomic E-state index is 8.94. The predicted octanol–water partition coefficient (Wildman–Crippen LogP) is 3.17. The van der Waals surface area contributed by atoms with E-state index in [1.807, 2.05) is 0 Å². The van der Waals surface area contributed by atoms with Crippen molar-refractivity contribution in [3.63, 3.8) is 0 Å². The number of benzene rings is 2. The Hall–Kier alpha value is -1.84. The summed E-state index contributed by atoms with van der Waals surface area (Å²) in [7, 11) is 0. The lowest BCUT2D eigenvalue weighted by Gasteiger charge is -2.16. The van der Waals surface area contributed by atoms with Gasteiger partial charge in [0.25, 0.3) is 0 Å². The molecule has 3 nitrogen and oxygen atoms in total. The molecule has 2 unspecified atom stereocenters. The molecule has 0 heterocycles. The van der Waals surface area contributed by atoms with E-state index in [0.29, 0.717) is 0 Å². The van der Waals surface area contributed by atoms with Crippen LogP contribution in [0.3, 0.4) is 0 Å². The number of aryl methyl sites for hydroxylation is 1. The number of nitrogens with one attached hydrogen (secondary N) is 1. The quantitative estimate of drug-likeness (QED) is 0.789. The molecule has 0 spiro atoms. The van der Waals surface area contributed by atoms with Crippen LogP contribution in [0.25, 0.3) is 0 Å². The van der Waals surface area contributed by atoms with Crippen molar-refractivity contribution >= 4 is 5.69 Å². The highest BCUT2D eigenvalue weighted by Crippen LogP contribution is 2.39. The second-order valence-electron chi connectivity index (χ2n) is 5.70. The summed E-state index contributed by atoms with van der Waals surface area (Å²) in [6, 6.07) is 17.2. The Balaban J connectivity index is 1.76. The van der Waals surface area contributed by atoms with Crippen molar-refractivity contribution in [1.29, 1.82) is 0 Å². The van der Waals surface area contributed by atoms with E-state index in [0.717, 1.165) is 24.9 Å². The van der Waals surface area contributed by atoms with Crippen LogP contribution in [0, 0.1) is 0 Å². The molecule has 110 valence electrons. The van der Waals surface area contributed by atoms with Gasteiger partial charge in [-0.15, -0.1) is 0 Å². The first kappa shape index (κ1) is 14.1. The average molecular weight is 282 g/mol. The first-order valence-corrected chi connectivity index (χ1v) is 7.58. The van der Waals surface area contributed by atoms with Gasteiger partial charge in [-0.2, -0.15) is 0 Å². The molecule has 0 aliphatic heterocycles. The van der Waals surface area contributed by atoms with E-state index in [1.54, 1.807) is 0 Å². The number of aliphatic hydroxyl groups is 1. The van der Waals surface area contributed by atoms with Gasteiger partial charge in [-0.1, -0.05) is 36.4 Å². The molecule has 0 amide bonds. The Kier molecular flexibility index (Phi) is 4.23. The van der Waals surface area contributed by atoms with Crippen LogP contribution in [0.15, 0.2) is 48.5 Å². The van der Waals surface area contributed by atoms with Crippen molar-refractivity contribution in [3.05, 3.63) is 65.2 Å². The van der Waals surface area contributed by atoms with E-state index in [1.165, 1.54) is 16.7 Å². The van der Waals surface area contributed by atoms with E-state index in [4.69, 9.17) is 10.8 Å². The minimum atomic E-state index is 0.122. The summed E-state index contributed by atoms with van der Waals surface area (Å²) >= 11 is 0. The lowest BCUT2D eigenvalue weighted by Crippen LogP contribution is -2.10. The molecule has 1 aliphatic carbocycles. The van der Waals surface area contributed by atoms with Crippen LogP contribution in [-0.4, -0.2) is 11.7 Å². The first-order chi connectivity index (χ1) is 10.3. The molecule has 3 heteroatoms. The lowest BCUT2D eigenvalue weighted by molar-refractivity contribution is 0.288. The van der Waals surface area contributed by atoms with Crippen molar-refractivity contribution < 1.29 is 5.11 Å². The van der Waals surface area contributed by atoms with E-state index in [9.17, 15) is 0 Å². The third-order valence-corrected chi connectivity index (χ3v) is 4.15. The smallest absolute Gasteiger partial charge is 0.0535 e. The van der Waals surface area contributed by atoms with Gasteiger partial charge in [0.05, 0.1) is 6.04 Å². The minimum absolute atomic E-state index is 0.122. The summed E-state index contributed by atoms with van der Waals surface area (Å²) in [5.74, 6) is 0. The molecule has 0 aromatic heterocycles. The average Bonchev–Trinajstić information content (AvgIpc) is 2.82. The van der Waals surface area contributed by atoms with E-state index in [2.05, 4.69) is 53.8 Å². The zero-order valence-corrected chi connectivity index (χ0v) is 12.1. The third-order valence-electron chi connectivity index (χ3n) is 4.15. The largest absolute Gasteiger partial charge is 0.396 e. The van der Waals surface area contributed by atoms with Crippen LogP contribution in [-0.2, 0) is 6.42 Å². The summed E-state index contributed by atoms with van der Waals surface area (Å²) in [6.45, 7) is 0.239. The monoisotopic (exact) mass is 282 g/mol. The van der Waals surface area contributed by atoms with E-state index < -0.39 is 0 Å². The van der Waals surface area contributed by atoms with Crippen LogP contribution in [0.2, 0.25) is 0 Å². The summed E-state index contributed by atoms with van der Waals surface area (Å²) < 4.78 is 0. The maximum atomic E-state index is 8.94. The number of hydrogen-bond acceptors (Lipinski definition) is 3. The highest BCUT2D eigenvalue weighted by Gasteiger charge is 2.27. The van der Waals surface area contributed by atoms with Gasteiger partial charge in [0, 0.05) is 18.3 Å². The molecule has 21 heavy (non-hydrogen) atoms. The van der Waals surface area contributed by atoms with Crippen molar-refractivity contribution in [2.75, 3.05) is 11.9 Å². The molecule has 2 atom stereocenters. The minimum Gasteiger partial charge on any atom is -0.396 e. The van der Waals surface area contributed by atoms with Crippen molar-refractivity contribution in [2.24, 2.45) is 5.73 Å². The molecule has 1 aliphatic rings. The molecule has 0 saturated heterocycles. The standard InChI is InChI=1S/C18H22N2O/c19-17-12-18(16-9-2-1-8-15(16)17)20-14-7-3-5-13(11-14)6-4-10-21/h1-3,5,7-9,11,17-18,20-21H,4,6,10,12,19H2. The van der Waals surface area contributed by atoms with Gasteiger partial charge in [0.1, 0.15) is 0 Å². The molecule has 3 rings (SSSR count). The highest BCUT2D eigenvalue weighted by molar-refractivity contribution is 5.50. The zero-order valence-electron chi connectivity index (χ0n) is 12.1. The summed E-state index contributed by atoms with van der Waals surface area (Å²) in [5, 5.41) is 12.5. The van der Waals surface area contributed by atoms with Crippen LogP contribution in [0.1, 0.15) is 41.6 Å². The number of anilines is 1. The van der Waals surface area contributed by atoms with E-state index >= 15 is 0 Å². The molecule has 0 bridgehead atoms. The van der Waals surface area contributed by atoms with Gasteiger partial charge in [-0.25, -0.2) is 0 Å². The van der Waals surface area contributed by atoms with Crippen molar-refractivity contribution in [3.8, 4) is 0 Å². The SMILES string of the molecule is NC1CC(Nc2cccc(CCCO)c2)c2ccccc21. The van der Waals surface area contributed by atoms with Crippen molar-refractivity contribution in [2.45, 2.75) is 31.3 Å². The third kappa shape index (κ3) is 3.09. The lowest BCUT2D eigenvalue weighted by atomic mass is 10.1. The summed E-state index contributed by atoms with van der Waals surface area (Å²) in [4.78, 5) is 0. The van der Waals surface area contributed by atoms with Gasteiger partial charge in [-0.05, 0) is 48.1 Å². The number of aliphatic hydroxyl groups excluding tert-OH is 1. The number of rotatable bonds is 5. The van der Waals surface area contributed by atoms with Crippen LogP contribution in [0.4, 0.5) is 5.69 Å². The van der Waals surface area contributed by atoms with Gasteiger partial charge >= 0.3 is 0 Å². The molecule has 0 saturated carbocycles. The molecule has 0 fully saturated rings. The second-order valence-corrected chi connectivity index (χ2v) is 5.70. The Labute approximate surface area is 125 Å². The normalized spacial score (nSPS) is 20.3. The molecule has 0 radical (unpaired) electrons. The molecule has 4 N–H and O–H groups in total. The maximum Gasteiger partial charge on any atom is 0.0535 e. The Morgan fingerprint density at radius 1 is 1.10 bits per heavy atom. The van der Waals surface area contributed by atoms with Gasteiger partial charge in [-0.3, -0.25) is 0 Å². The first-order valence-electron chi connectivity index (χ1n) is 7.58. The Bertz CT molecular complexity index is 612. The van der Waals surface area contributed by atoms with Crippen molar-refractivity contribution in [1.82, 2.24) is 0 Å². The summed E-state index contributed by atoms with van der Waals surface area (Å²) in [6.07, 6.45) is 2.65. The summed E-state index contributed by atoms with van der Waals surface area (Å²) in [5.41, 5.74) is 11.2. The molecule has 2 aromatic carbocycles. The molecule has 2 aromatic rings. The fourth-order valence-electron chi connectivity index (χ4n) is 3.11. The fraction of sp³-hybridized carbons (Fsp3) is 0.333.